The van der Waals surface area contributed by atoms with Gasteiger partial charge in [0.05, 0.1) is 22.4 Å². The highest BCUT2D eigenvalue weighted by Crippen LogP contribution is 2.30. The zero-order chi connectivity index (χ0) is 23.8. The van der Waals surface area contributed by atoms with Crippen molar-refractivity contribution in [2.24, 2.45) is 0 Å². The number of hydrogen-bond donors (Lipinski definition) is 3. The molecule has 0 fully saturated rings. The van der Waals surface area contributed by atoms with Crippen LogP contribution in [-0.4, -0.2) is 41.7 Å². The average Bonchev–Trinajstić information content (AvgIpc) is 3.51. The second-order valence-electron chi connectivity index (χ2n) is 8.18. The molecule has 1 aromatic carbocycles. The summed E-state index contributed by atoms with van der Waals surface area (Å²) in [6, 6.07) is 14.1. The smallest absolute Gasteiger partial charge is 0.161 e. The van der Waals surface area contributed by atoms with Gasteiger partial charge >= 0.3 is 0 Å². The minimum atomic E-state index is -0.295. The number of aromatic nitrogens is 7. The molecule has 0 saturated heterocycles. The number of H-pyrrole nitrogens is 2. The van der Waals surface area contributed by atoms with E-state index in [4.69, 9.17) is 9.97 Å². The van der Waals surface area contributed by atoms with Gasteiger partial charge in [0.25, 0.3) is 0 Å². The summed E-state index contributed by atoms with van der Waals surface area (Å²) < 4.78 is 13.4. The van der Waals surface area contributed by atoms with E-state index in [0.717, 1.165) is 46.5 Å². The number of benzene rings is 1. The summed E-state index contributed by atoms with van der Waals surface area (Å²) in [6.07, 6.45) is 5.37. The van der Waals surface area contributed by atoms with Crippen LogP contribution in [0.25, 0.3) is 56.1 Å². The minimum absolute atomic E-state index is 0.295. The van der Waals surface area contributed by atoms with Crippen LogP contribution < -0.4 is 5.32 Å². The third-order valence-corrected chi connectivity index (χ3v) is 5.82. The Balaban J connectivity index is 1.43. The van der Waals surface area contributed by atoms with Crippen LogP contribution in [0.4, 0.5) is 4.39 Å². The van der Waals surface area contributed by atoms with Crippen LogP contribution in [-0.2, 0) is 6.54 Å². The van der Waals surface area contributed by atoms with Crippen molar-refractivity contribution in [3.8, 4) is 34.0 Å². The van der Waals surface area contributed by atoms with Crippen molar-refractivity contribution in [1.29, 1.82) is 0 Å². The van der Waals surface area contributed by atoms with Crippen molar-refractivity contribution < 1.29 is 4.39 Å². The summed E-state index contributed by atoms with van der Waals surface area (Å²) in [4.78, 5) is 21.9. The molecule has 3 N–H and O–H groups in total. The monoisotopic (exact) mass is 464 g/mol. The molecule has 0 aliphatic heterocycles. The Morgan fingerprint density at radius 3 is 2.60 bits per heavy atom. The van der Waals surface area contributed by atoms with Gasteiger partial charge in [-0.25, -0.2) is 14.4 Å². The van der Waals surface area contributed by atoms with Crippen LogP contribution in [0.3, 0.4) is 0 Å². The zero-order valence-electron chi connectivity index (χ0n) is 18.9. The summed E-state index contributed by atoms with van der Waals surface area (Å²) in [6.45, 7) is 3.71. The molecule has 5 aromatic heterocycles. The molecule has 0 spiro atoms. The van der Waals surface area contributed by atoms with Gasteiger partial charge in [0.15, 0.2) is 11.5 Å². The van der Waals surface area contributed by atoms with E-state index in [1.54, 1.807) is 18.3 Å². The van der Waals surface area contributed by atoms with Gasteiger partial charge in [-0.15, -0.1) is 0 Å². The Labute approximate surface area is 199 Å². The molecular weight excluding hydrogens is 443 g/mol. The molecule has 35 heavy (non-hydrogen) atoms. The van der Waals surface area contributed by atoms with E-state index in [9.17, 15) is 4.39 Å². The fourth-order valence-corrected chi connectivity index (χ4v) is 4.08. The van der Waals surface area contributed by atoms with Crippen molar-refractivity contribution >= 4 is 22.1 Å². The van der Waals surface area contributed by atoms with E-state index >= 15 is 0 Å². The van der Waals surface area contributed by atoms with Crippen molar-refractivity contribution in [1.82, 2.24) is 40.4 Å². The van der Waals surface area contributed by atoms with E-state index in [-0.39, 0.29) is 5.82 Å². The number of aromatic amines is 2. The fourth-order valence-electron chi connectivity index (χ4n) is 4.08. The van der Waals surface area contributed by atoms with Crippen LogP contribution in [0, 0.1) is 5.82 Å². The van der Waals surface area contributed by atoms with Gasteiger partial charge in [0.2, 0.25) is 0 Å². The second kappa shape index (κ2) is 8.69. The lowest BCUT2D eigenvalue weighted by atomic mass is 10.1. The molecule has 0 bridgehead atoms. The van der Waals surface area contributed by atoms with Crippen LogP contribution in [0.1, 0.15) is 12.5 Å². The third kappa shape index (κ3) is 3.91. The van der Waals surface area contributed by atoms with Crippen LogP contribution >= 0.6 is 0 Å². The summed E-state index contributed by atoms with van der Waals surface area (Å²) in [7, 11) is 0. The topological polar surface area (TPSA) is 108 Å². The first-order chi connectivity index (χ1) is 17.2. The van der Waals surface area contributed by atoms with Crippen molar-refractivity contribution in [2.75, 3.05) is 6.54 Å². The second-order valence-corrected chi connectivity index (χ2v) is 8.18. The maximum absolute atomic E-state index is 13.4. The number of nitrogens with zero attached hydrogens (tertiary/aromatic N) is 5. The standard InChI is InChI=1S/C26H21FN8/c1-2-28-12-15-11-17(14-29-13-15)19-7-8-21-24(31-19)25(35-34-21)26-32-20-9-10-30-22(23(20)33-26)16-3-5-18(27)6-4-16/h3-11,13-14,28H,2,12H2,1H3,(H,32,33)(H,34,35). The first-order valence-electron chi connectivity index (χ1n) is 11.3. The molecule has 0 radical (unpaired) electrons. The number of halogens is 1. The van der Waals surface area contributed by atoms with E-state index in [2.05, 4.69) is 43.5 Å². The molecule has 0 unspecified atom stereocenters. The van der Waals surface area contributed by atoms with Gasteiger partial charge in [0, 0.05) is 36.3 Å². The Morgan fingerprint density at radius 2 is 1.74 bits per heavy atom. The molecular formula is C26H21FN8. The molecule has 172 valence electrons. The average molecular weight is 465 g/mol. The van der Waals surface area contributed by atoms with Crippen LogP contribution in [0.2, 0.25) is 0 Å². The van der Waals surface area contributed by atoms with Crippen LogP contribution in [0.15, 0.2) is 67.1 Å². The maximum Gasteiger partial charge on any atom is 0.161 e. The maximum atomic E-state index is 13.4. The van der Waals surface area contributed by atoms with Gasteiger partial charge in [0.1, 0.15) is 16.9 Å². The summed E-state index contributed by atoms with van der Waals surface area (Å²) in [5.74, 6) is 0.280. The highest BCUT2D eigenvalue weighted by Gasteiger charge is 2.17. The van der Waals surface area contributed by atoms with Crippen LogP contribution in [0.5, 0.6) is 0 Å². The molecule has 6 aromatic rings. The predicted octanol–water partition coefficient (Wildman–Crippen LogP) is 4.87. The van der Waals surface area contributed by atoms with E-state index < -0.39 is 0 Å². The summed E-state index contributed by atoms with van der Waals surface area (Å²) >= 11 is 0. The number of hydrogen-bond acceptors (Lipinski definition) is 6. The van der Waals surface area contributed by atoms with Crippen molar-refractivity contribution in [2.45, 2.75) is 13.5 Å². The highest BCUT2D eigenvalue weighted by molar-refractivity contribution is 5.95. The largest absolute Gasteiger partial charge is 0.336 e. The SMILES string of the molecule is CCNCc1cncc(-c2ccc3[nH]nc(-c4nc5c(-c6ccc(F)cc6)nccc5[nH]4)c3n2)c1. The summed E-state index contributed by atoms with van der Waals surface area (Å²) in [5.41, 5.74) is 7.89. The molecule has 5 heterocycles. The van der Waals surface area contributed by atoms with Gasteiger partial charge in [-0.3, -0.25) is 15.1 Å². The Hall–Kier alpha value is -4.50. The summed E-state index contributed by atoms with van der Waals surface area (Å²) in [5, 5.41) is 10.9. The molecule has 9 heteroatoms. The lowest BCUT2D eigenvalue weighted by Gasteiger charge is -2.05. The quantitative estimate of drug-likeness (QED) is 0.324. The Morgan fingerprint density at radius 1 is 0.886 bits per heavy atom. The molecule has 0 atom stereocenters. The number of fused-ring (bicyclic) bond motifs is 2. The number of rotatable bonds is 6. The molecule has 6 rings (SSSR count). The van der Waals surface area contributed by atoms with Gasteiger partial charge < -0.3 is 10.3 Å². The van der Waals surface area contributed by atoms with E-state index in [1.807, 2.05) is 30.6 Å². The molecule has 0 saturated carbocycles. The number of imidazole rings is 1. The fraction of sp³-hybridized carbons (Fsp3) is 0.115. The van der Waals surface area contributed by atoms with E-state index in [0.29, 0.717) is 28.2 Å². The molecule has 0 amide bonds. The van der Waals surface area contributed by atoms with Gasteiger partial charge in [-0.2, -0.15) is 5.10 Å². The first-order valence-corrected chi connectivity index (χ1v) is 11.3. The lowest BCUT2D eigenvalue weighted by Crippen LogP contribution is -2.11. The minimum Gasteiger partial charge on any atom is -0.336 e. The van der Waals surface area contributed by atoms with E-state index in [1.165, 1.54) is 12.1 Å². The lowest BCUT2D eigenvalue weighted by molar-refractivity contribution is 0.628. The van der Waals surface area contributed by atoms with Gasteiger partial charge in [-0.05, 0) is 60.6 Å². The predicted molar refractivity (Wildman–Crippen MR) is 133 cm³/mol. The van der Waals surface area contributed by atoms with Crippen molar-refractivity contribution in [3.63, 3.8) is 0 Å². The van der Waals surface area contributed by atoms with Gasteiger partial charge in [-0.1, -0.05) is 6.92 Å². The van der Waals surface area contributed by atoms with Crippen molar-refractivity contribution in [3.05, 3.63) is 78.5 Å². The molecule has 0 aliphatic carbocycles. The Kier molecular flexibility index (Phi) is 5.23. The first kappa shape index (κ1) is 21.1. The number of pyridine rings is 3. The molecule has 0 aliphatic rings. The normalized spacial score (nSPS) is 11.5. The number of nitrogens with one attached hydrogen (secondary N) is 3. The Bertz CT molecular complexity index is 1650. The zero-order valence-corrected chi connectivity index (χ0v) is 18.9. The third-order valence-electron chi connectivity index (χ3n) is 5.82. The highest BCUT2D eigenvalue weighted by atomic mass is 19.1. The molecule has 8 nitrogen and oxygen atoms in total.